The number of nitrogens with one attached hydrogen (secondary N) is 2. The normalized spacial score (nSPS) is 14.1. The van der Waals surface area contributed by atoms with Crippen molar-refractivity contribution in [3.05, 3.63) is 52.7 Å². The van der Waals surface area contributed by atoms with Crippen molar-refractivity contribution >= 4 is 51.1 Å². The SMILES string of the molecule is CCNC(=NCC(C)(O)c1cccs1)NCCS(=O)(=O)c1ccccc1.I. The van der Waals surface area contributed by atoms with E-state index in [1.54, 1.807) is 37.3 Å². The standard InChI is InChI=1S/C18H25N3O3S2.HI/c1-3-19-17(21-14-18(2,22)16-10-7-12-25-16)20-11-13-26(23,24)15-8-5-4-6-9-15;/h4-10,12,22H,3,11,13-14H2,1-2H3,(H2,19,20,21);1H. The molecule has 0 radical (unpaired) electrons. The van der Waals surface area contributed by atoms with E-state index in [-0.39, 0.29) is 42.8 Å². The molecule has 27 heavy (non-hydrogen) atoms. The third-order valence-corrected chi connectivity index (χ3v) is 6.56. The molecule has 0 saturated carbocycles. The summed E-state index contributed by atoms with van der Waals surface area (Å²) in [5, 5.41) is 18.5. The van der Waals surface area contributed by atoms with Gasteiger partial charge >= 0.3 is 0 Å². The zero-order chi connectivity index (χ0) is 19.0. The fraction of sp³-hybridized carbons (Fsp3) is 0.389. The number of aliphatic imine (C=N–C) groups is 1. The Bertz CT molecular complexity index is 808. The number of sulfone groups is 1. The first-order chi connectivity index (χ1) is 12.3. The molecule has 0 bridgehead atoms. The number of halogens is 1. The smallest absolute Gasteiger partial charge is 0.191 e. The molecule has 1 atom stereocenters. The molecule has 1 unspecified atom stereocenters. The highest BCUT2D eigenvalue weighted by molar-refractivity contribution is 14.0. The Labute approximate surface area is 182 Å². The monoisotopic (exact) mass is 523 g/mol. The third-order valence-electron chi connectivity index (χ3n) is 3.71. The van der Waals surface area contributed by atoms with Gasteiger partial charge in [-0.15, -0.1) is 35.3 Å². The number of hydrogen-bond acceptors (Lipinski definition) is 5. The van der Waals surface area contributed by atoms with Gasteiger partial charge in [-0.25, -0.2) is 13.4 Å². The van der Waals surface area contributed by atoms with E-state index in [1.807, 2.05) is 24.4 Å². The summed E-state index contributed by atoms with van der Waals surface area (Å²) >= 11 is 1.47. The van der Waals surface area contributed by atoms with Crippen LogP contribution >= 0.6 is 35.3 Å². The molecule has 0 aliphatic rings. The Kier molecular flexibility index (Phi) is 9.71. The highest BCUT2D eigenvalue weighted by Crippen LogP contribution is 2.25. The van der Waals surface area contributed by atoms with Crippen molar-refractivity contribution in [3.8, 4) is 0 Å². The van der Waals surface area contributed by atoms with E-state index in [0.717, 1.165) is 4.88 Å². The molecule has 0 aliphatic heterocycles. The first-order valence-corrected chi connectivity index (χ1v) is 10.9. The van der Waals surface area contributed by atoms with Crippen LogP contribution in [0.5, 0.6) is 0 Å². The molecule has 3 N–H and O–H groups in total. The molecule has 1 heterocycles. The molecule has 9 heteroatoms. The number of thiophene rings is 1. The molecule has 0 spiro atoms. The van der Waals surface area contributed by atoms with Crippen LogP contribution in [0.1, 0.15) is 18.7 Å². The van der Waals surface area contributed by atoms with Crippen molar-refractivity contribution in [1.82, 2.24) is 10.6 Å². The van der Waals surface area contributed by atoms with Gasteiger partial charge in [-0.3, -0.25) is 0 Å². The van der Waals surface area contributed by atoms with Gasteiger partial charge in [-0.05, 0) is 37.4 Å². The Morgan fingerprint density at radius 2 is 1.89 bits per heavy atom. The maximum absolute atomic E-state index is 12.3. The number of benzene rings is 1. The molecular formula is C18H26IN3O3S2. The van der Waals surface area contributed by atoms with Crippen LogP contribution in [0.2, 0.25) is 0 Å². The second kappa shape index (κ2) is 11.0. The molecule has 1 aromatic carbocycles. The van der Waals surface area contributed by atoms with Crippen molar-refractivity contribution in [2.24, 2.45) is 4.99 Å². The van der Waals surface area contributed by atoms with Crippen LogP contribution < -0.4 is 10.6 Å². The zero-order valence-corrected chi connectivity index (χ0v) is 19.3. The molecular weight excluding hydrogens is 497 g/mol. The van der Waals surface area contributed by atoms with Gasteiger partial charge in [0, 0.05) is 18.0 Å². The summed E-state index contributed by atoms with van der Waals surface area (Å²) in [6.45, 7) is 4.68. The summed E-state index contributed by atoms with van der Waals surface area (Å²) in [7, 11) is -3.34. The molecule has 1 aromatic heterocycles. The number of hydrogen-bond donors (Lipinski definition) is 3. The third kappa shape index (κ3) is 7.40. The average Bonchev–Trinajstić information content (AvgIpc) is 3.16. The minimum absolute atomic E-state index is 0. The number of nitrogens with zero attached hydrogens (tertiary/aromatic N) is 1. The van der Waals surface area contributed by atoms with Gasteiger partial charge in [0.05, 0.1) is 17.2 Å². The predicted molar refractivity (Wildman–Crippen MR) is 122 cm³/mol. The van der Waals surface area contributed by atoms with E-state index >= 15 is 0 Å². The van der Waals surface area contributed by atoms with Crippen molar-refractivity contribution < 1.29 is 13.5 Å². The van der Waals surface area contributed by atoms with Crippen LogP contribution in [0.4, 0.5) is 0 Å². The lowest BCUT2D eigenvalue weighted by Gasteiger charge is -2.20. The Morgan fingerprint density at radius 3 is 2.48 bits per heavy atom. The maximum atomic E-state index is 12.3. The fourth-order valence-corrected chi connectivity index (χ4v) is 4.24. The van der Waals surface area contributed by atoms with Crippen molar-refractivity contribution in [1.29, 1.82) is 0 Å². The largest absolute Gasteiger partial charge is 0.383 e. The minimum Gasteiger partial charge on any atom is -0.383 e. The maximum Gasteiger partial charge on any atom is 0.191 e. The van der Waals surface area contributed by atoms with E-state index in [0.29, 0.717) is 17.4 Å². The van der Waals surface area contributed by atoms with E-state index in [4.69, 9.17) is 0 Å². The summed E-state index contributed by atoms with van der Waals surface area (Å²) in [6.07, 6.45) is 0. The Balaban J connectivity index is 0.00000364. The van der Waals surface area contributed by atoms with E-state index < -0.39 is 15.4 Å². The zero-order valence-electron chi connectivity index (χ0n) is 15.4. The first kappa shape index (κ1) is 23.9. The number of guanidine groups is 1. The van der Waals surface area contributed by atoms with Crippen LogP contribution in [-0.4, -0.2) is 44.9 Å². The van der Waals surface area contributed by atoms with Gasteiger partial charge in [0.1, 0.15) is 5.60 Å². The van der Waals surface area contributed by atoms with Gasteiger partial charge < -0.3 is 15.7 Å². The van der Waals surface area contributed by atoms with Gasteiger partial charge in [-0.2, -0.15) is 0 Å². The molecule has 2 aromatic rings. The molecule has 6 nitrogen and oxygen atoms in total. The second-order valence-electron chi connectivity index (χ2n) is 6.01. The summed E-state index contributed by atoms with van der Waals surface area (Å²) in [6, 6.07) is 12.1. The highest BCUT2D eigenvalue weighted by atomic mass is 127. The van der Waals surface area contributed by atoms with Gasteiger partial charge in [0.2, 0.25) is 0 Å². The van der Waals surface area contributed by atoms with Crippen molar-refractivity contribution in [3.63, 3.8) is 0 Å². The van der Waals surface area contributed by atoms with E-state index in [2.05, 4.69) is 15.6 Å². The first-order valence-electron chi connectivity index (χ1n) is 8.41. The minimum atomic E-state index is -3.34. The number of aliphatic hydroxyl groups is 1. The van der Waals surface area contributed by atoms with Gasteiger partial charge in [-0.1, -0.05) is 24.3 Å². The molecule has 0 aliphatic carbocycles. The predicted octanol–water partition coefficient (Wildman–Crippen LogP) is 2.60. The summed E-state index contributed by atoms with van der Waals surface area (Å²) in [5.41, 5.74) is -1.06. The van der Waals surface area contributed by atoms with Crippen molar-refractivity contribution in [2.45, 2.75) is 24.3 Å². The van der Waals surface area contributed by atoms with Crippen LogP contribution in [0.15, 0.2) is 57.7 Å². The summed E-state index contributed by atoms with van der Waals surface area (Å²) in [4.78, 5) is 5.54. The highest BCUT2D eigenvalue weighted by Gasteiger charge is 2.24. The van der Waals surface area contributed by atoms with Crippen molar-refractivity contribution in [2.75, 3.05) is 25.4 Å². The topological polar surface area (TPSA) is 90.8 Å². The van der Waals surface area contributed by atoms with Gasteiger partial charge in [0.15, 0.2) is 15.8 Å². The lowest BCUT2D eigenvalue weighted by molar-refractivity contribution is 0.0711. The molecule has 0 fully saturated rings. The molecule has 0 saturated heterocycles. The summed E-state index contributed by atoms with van der Waals surface area (Å²) < 4.78 is 24.6. The Hall–Kier alpha value is -1.17. The lowest BCUT2D eigenvalue weighted by atomic mass is 10.1. The van der Waals surface area contributed by atoms with Crippen LogP contribution in [0.25, 0.3) is 0 Å². The molecule has 150 valence electrons. The summed E-state index contributed by atoms with van der Waals surface area (Å²) in [5.74, 6) is 0.440. The molecule has 0 amide bonds. The van der Waals surface area contributed by atoms with E-state index in [1.165, 1.54) is 11.3 Å². The fourth-order valence-electron chi connectivity index (χ4n) is 2.29. The van der Waals surface area contributed by atoms with E-state index in [9.17, 15) is 13.5 Å². The average molecular weight is 523 g/mol. The van der Waals surface area contributed by atoms with Gasteiger partial charge in [0.25, 0.3) is 0 Å². The Morgan fingerprint density at radius 1 is 1.19 bits per heavy atom. The second-order valence-corrected chi connectivity index (χ2v) is 9.06. The van der Waals surface area contributed by atoms with Crippen LogP contribution in [0, 0.1) is 0 Å². The quantitative estimate of drug-likeness (QED) is 0.281. The molecule has 2 rings (SSSR count). The van der Waals surface area contributed by atoms with Crippen LogP contribution in [0.3, 0.4) is 0 Å². The lowest BCUT2D eigenvalue weighted by Crippen LogP contribution is -2.40. The van der Waals surface area contributed by atoms with Crippen LogP contribution in [-0.2, 0) is 15.4 Å². The number of rotatable bonds is 8.